The van der Waals surface area contributed by atoms with Crippen LogP contribution in [0.15, 0.2) is 30.4 Å². The Morgan fingerprint density at radius 1 is 1.17 bits per heavy atom. The van der Waals surface area contributed by atoms with Crippen LogP contribution in [-0.2, 0) is 14.1 Å². The lowest BCUT2D eigenvalue weighted by molar-refractivity contribution is 0.430. The van der Waals surface area contributed by atoms with Gasteiger partial charge in [-0.25, -0.2) is 9.79 Å². The van der Waals surface area contributed by atoms with E-state index in [4.69, 9.17) is 0 Å². The molecule has 0 aromatic carbocycles. The fourth-order valence-corrected chi connectivity index (χ4v) is 1.99. The average molecular weight is 317 g/mol. The van der Waals surface area contributed by atoms with E-state index in [9.17, 15) is 14.4 Å². The van der Waals surface area contributed by atoms with Crippen LogP contribution >= 0.6 is 0 Å². The summed E-state index contributed by atoms with van der Waals surface area (Å²) in [4.78, 5) is 47.0. The third-order valence-corrected chi connectivity index (χ3v) is 3.22. The Morgan fingerprint density at radius 3 is 2.43 bits per heavy atom. The zero-order valence-corrected chi connectivity index (χ0v) is 13.8. The highest BCUT2D eigenvalue weighted by molar-refractivity contribution is 5.75. The van der Waals surface area contributed by atoms with Gasteiger partial charge < -0.3 is 4.98 Å². The molecule has 2 heterocycles. The van der Waals surface area contributed by atoms with Crippen LogP contribution in [-0.4, -0.2) is 26.7 Å². The van der Waals surface area contributed by atoms with Crippen LogP contribution in [0.25, 0.3) is 11.0 Å². The lowest BCUT2D eigenvalue weighted by Gasteiger charge is -2.12. The maximum absolute atomic E-state index is 12.2. The summed E-state index contributed by atoms with van der Waals surface area (Å²) in [5, 5.41) is -0.0832. The van der Waals surface area contributed by atoms with Crippen molar-refractivity contribution in [3.63, 3.8) is 0 Å². The first kappa shape index (κ1) is 16.6. The van der Waals surface area contributed by atoms with Gasteiger partial charge in [0, 0.05) is 20.2 Å². The highest BCUT2D eigenvalue weighted by atomic mass is 16.2. The fourth-order valence-electron chi connectivity index (χ4n) is 1.99. The number of hydrogen-bond acceptors (Lipinski definition) is 5. The van der Waals surface area contributed by atoms with E-state index in [0.29, 0.717) is 6.54 Å². The van der Waals surface area contributed by atoms with Crippen molar-refractivity contribution in [1.82, 2.24) is 14.1 Å². The van der Waals surface area contributed by atoms with Crippen molar-refractivity contribution in [2.45, 2.75) is 20.8 Å². The molecular weight excluding hydrogens is 298 g/mol. The second-order valence-corrected chi connectivity index (χ2v) is 6.54. The molecule has 122 valence electrons. The quantitative estimate of drug-likeness (QED) is 0.828. The molecule has 1 N–H and O–H groups in total. The number of nitrogens with one attached hydrogen (secondary N) is 1. The summed E-state index contributed by atoms with van der Waals surface area (Å²) in [5.74, 6) is 0.184. The third-order valence-electron chi connectivity index (χ3n) is 3.22. The molecule has 0 unspecified atom stereocenters. The monoisotopic (exact) mass is 317 g/mol. The summed E-state index contributed by atoms with van der Waals surface area (Å²) in [5.41, 5.74) is -1.54. The van der Waals surface area contributed by atoms with Crippen molar-refractivity contribution >= 4 is 22.9 Å². The first-order valence-electron chi connectivity index (χ1n) is 7.07. The predicted molar refractivity (Wildman–Crippen MR) is 88.9 cm³/mol. The summed E-state index contributed by atoms with van der Waals surface area (Å²) < 4.78 is 2.09. The van der Waals surface area contributed by atoms with E-state index < -0.39 is 16.7 Å². The molecule has 8 heteroatoms. The molecule has 0 atom stereocenters. The van der Waals surface area contributed by atoms with Crippen LogP contribution in [0.1, 0.15) is 20.8 Å². The predicted octanol–water partition coefficient (Wildman–Crippen LogP) is 0.777. The van der Waals surface area contributed by atoms with Crippen LogP contribution in [0.4, 0.5) is 5.82 Å². The van der Waals surface area contributed by atoms with Crippen LogP contribution < -0.4 is 16.7 Å². The Morgan fingerprint density at radius 2 is 1.83 bits per heavy atom. The molecule has 0 fully saturated rings. The van der Waals surface area contributed by atoms with Gasteiger partial charge in [-0.3, -0.25) is 18.7 Å². The van der Waals surface area contributed by atoms with Gasteiger partial charge in [0.25, 0.3) is 5.56 Å². The van der Waals surface area contributed by atoms with Gasteiger partial charge in [-0.2, -0.15) is 4.99 Å². The molecule has 2 rings (SSSR count). The molecule has 2 aromatic rings. The first-order valence-corrected chi connectivity index (χ1v) is 7.07. The van der Waals surface area contributed by atoms with Gasteiger partial charge in [0.1, 0.15) is 16.9 Å². The van der Waals surface area contributed by atoms with E-state index in [1.165, 1.54) is 24.7 Å². The zero-order valence-electron chi connectivity index (χ0n) is 13.8. The topological polar surface area (TPSA) is 102 Å². The van der Waals surface area contributed by atoms with Crippen LogP contribution in [0.3, 0.4) is 0 Å². The van der Waals surface area contributed by atoms with E-state index in [0.717, 1.165) is 4.57 Å². The standard InChI is InChI=1S/C15H19N5O3/c1-15(2,3)7-16-8-17-10-6-9(21)11-12(18-10)19(4)14(23)20(5)13(11)22/h6H,7H2,1-5H3,(H,18,21). The smallest absolute Gasteiger partial charge is 0.325 e. The zero-order chi connectivity index (χ0) is 17.4. The molecule has 8 nitrogen and oxygen atoms in total. The Hall–Kier alpha value is -2.73. The number of aromatic amines is 1. The summed E-state index contributed by atoms with van der Waals surface area (Å²) in [6.07, 6.45) is 0. The Bertz CT molecular complexity index is 995. The van der Waals surface area contributed by atoms with Gasteiger partial charge in [-0.1, -0.05) is 20.8 Å². The lowest BCUT2D eigenvalue weighted by atomic mass is 9.98. The van der Waals surface area contributed by atoms with Gasteiger partial charge in [0.15, 0.2) is 5.43 Å². The highest BCUT2D eigenvalue weighted by Gasteiger charge is 2.13. The van der Waals surface area contributed by atoms with Crippen LogP contribution in [0.2, 0.25) is 0 Å². The lowest BCUT2D eigenvalue weighted by Crippen LogP contribution is -2.39. The SMILES string of the molecule is Cn1c(=O)c2c(=O)cc(N=C=NCC(C)(C)C)[nH]c2n(C)c1=O. The number of hydrogen-bond donors (Lipinski definition) is 1. The van der Waals surface area contributed by atoms with Gasteiger partial charge in [0.05, 0.1) is 12.6 Å². The molecule has 0 aliphatic heterocycles. The van der Waals surface area contributed by atoms with Crippen molar-refractivity contribution in [3.8, 4) is 0 Å². The molecule has 23 heavy (non-hydrogen) atoms. The average Bonchev–Trinajstić information content (AvgIpc) is 2.46. The number of nitrogens with zero attached hydrogens (tertiary/aromatic N) is 4. The van der Waals surface area contributed by atoms with Crippen molar-refractivity contribution in [3.05, 3.63) is 37.1 Å². The molecular formula is C15H19N5O3. The van der Waals surface area contributed by atoms with Crippen molar-refractivity contribution < 1.29 is 0 Å². The van der Waals surface area contributed by atoms with E-state index in [2.05, 4.69) is 21.0 Å². The maximum Gasteiger partial charge on any atom is 0.332 e. The number of fused-ring (bicyclic) bond motifs is 1. The number of pyridine rings is 1. The minimum Gasteiger partial charge on any atom is -0.325 e. The van der Waals surface area contributed by atoms with E-state index in [1.807, 2.05) is 20.8 Å². The molecule has 0 radical (unpaired) electrons. The molecule has 0 amide bonds. The largest absolute Gasteiger partial charge is 0.332 e. The Balaban J connectivity index is 2.64. The molecule has 0 bridgehead atoms. The molecule has 0 aliphatic carbocycles. The second kappa shape index (κ2) is 5.81. The Labute approximate surface area is 131 Å². The normalized spacial score (nSPS) is 11.3. The maximum atomic E-state index is 12.2. The minimum atomic E-state index is -0.638. The molecule has 0 aliphatic rings. The van der Waals surface area contributed by atoms with E-state index in [1.54, 1.807) is 0 Å². The van der Waals surface area contributed by atoms with Gasteiger partial charge in [-0.05, 0) is 5.41 Å². The number of H-pyrrole nitrogens is 1. The van der Waals surface area contributed by atoms with Gasteiger partial charge >= 0.3 is 5.69 Å². The first-order chi connectivity index (χ1) is 10.6. The van der Waals surface area contributed by atoms with Gasteiger partial charge in [0.2, 0.25) is 0 Å². The van der Waals surface area contributed by atoms with Crippen molar-refractivity contribution in [1.29, 1.82) is 0 Å². The van der Waals surface area contributed by atoms with E-state index >= 15 is 0 Å². The summed E-state index contributed by atoms with van der Waals surface area (Å²) in [6, 6.07) is 3.71. The van der Waals surface area contributed by atoms with Crippen molar-refractivity contribution in [2.75, 3.05) is 6.54 Å². The van der Waals surface area contributed by atoms with Crippen LogP contribution in [0, 0.1) is 5.41 Å². The minimum absolute atomic E-state index is 0.00935. The number of aromatic nitrogens is 3. The highest BCUT2D eigenvalue weighted by Crippen LogP contribution is 2.12. The van der Waals surface area contributed by atoms with Crippen LogP contribution in [0.5, 0.6) is 0 Å². The molecule has 0 saturated carbocycles. The van der Waals surface area contributed by atoms with E-state index in [-0.39, 0.29) is 22.3 Å². The number of rotatable bonds is 2. The molecule has 0 saturated heterocycles. The second-order valence-electron chi connectivity index (χ2n) is 6.54. The Kier molecular flexibility index (Phi) is 4.20. The molecule has 0 spiro atoms. The third kappa shape index (κ3) is 3.37. The summed E-state index contributed by atoms with van der Waals surface area (Å²) >= 11 is 0. The number of aryl methyl sites for hydroxylation is 1. The van der Waals surface area contributed by atoms with Crippen molar-refractivity contribution in [2.24, 2.45) is 29.5 Å². The summed E-state index contributed by atoms with van der Waals surface area (Å²) in [6.45, 7) is 6.62. The fraction of sp³-hybridized carbons (Fsp3) is 0.467. The van der Waals surface area contributed by atoms with Gasteiger partial charge in [-0.15, -0.1) is 0 Å². The number of aliphatic imine (C=N–C) groups is 2. The molecule has 2 aromatic heterocycles. The summed E-state index contributed by atoms with van der Waals surface area (Å²) in [7, 11) is 2.80.